The van der Waals surface area contributed by atoms with Crippen LogP contribution in [-0.4, -0.2) is 35.2 Å². The van der Waals surface area contributed by atoms with E-state index in [4.69, 9.17) is 4.42 Å². The summed E-state index contributed by atoms with van der Waals surface area (Å²) in [5.74, 6) is 0.437. The maximum atomic E-state index is 13.1. The number of amides is 1. The summed E-state index contributed by atoms with van der Waals surface area (Å²) < 4.78 is 18.0. The van der Waals surface area contributed by atoms with Crippen molar-refractivity contribution in [3.8, 4) is 11.3 Å². The number of furan rings is 1. The molecule has 1 aromatic carbocycles. The van der Waals surface area contributed by atoms with E-state index in [9.17, 15) is 9.18 Å². The van der Waals surface area contributed by atoms with Gasteiger partial charge >= 0.3 is 0 Å². The van der Waals surface area contributed by atoms with Crippen LogP contribution >= 0.6 is 0 Å². The molecule has 1 aliphatic heterocycles. The molecule has 2 N–H and O–H groups in total. The Morgan fingerprint density at radius 2 is 2.15 bits per heavy atom. The van der Waals surface area contributed by atoms with Gasteiger partial charge in [-0.15, -0.1) is 0 Å². The third-order valence-electron chi connectivity index (χ3n) is 4.58. The zero-order valence-corrected chi connectivity index (χ0v) is 14.1. The van der Waals surface area contributed by atoms with Crippen LogP contribution in [0, 0.1) is 5.82 Å². The largest absolute Gasteiger partial charge is 0.472 e. The number of aromatic nitrogens is 2. The summed E-state index contributed by atoms with van der Waals surface area (Å²) in [6.45, 7) is 1.57. The molecule has 0 saturated carbocycles. The summed E-state index contributed by atoms with van der Waals surface area (Å²) in [6.07, 6.45) is 4.83. The van der Waals surface area contributed by atoms with Gasteiger partial charge < -0.3 is 14.6 Å². The van der Waals surface area contributed by atoms with Crippen LogP contribution in [0.2, 0.25) is 0 Å². The van der Waals surface area contributed by atoms with Crippen molar-refractivity contribution in [2.45, 2.75) is 18.9 Å². The molecular formula is C19H19FN4O2. The molecule has 3 heterocycles. The second kappa shape index (κ2) is 7.03. The van der Waals surface area contributed by atoms with Gasteiger partial charge in [0.2, 0.25) is 0 Å². The first kappa shape index (κ1) is 16.4. The Morgan fingerprint density at radius 3 is 2.92 bits per heavy atom. The van der Waals surface area contributed by atoms with E-state index in [-0.39, 0.29) is 17.8 Å². The number of rotatable bonds is 4. The number of H-pyrrole nitrogens is 1. The zero-order valence-electron chi connectivity index (χ0n) is 14.1. The maximum Gasteiger partial charge on any atom is 0.254 e. The fourth-order valence-corrected chi connectivity index (χ4v) is 3.22. The van der Waals surface area contributed by atoms with Crippen molar-refractivity contribution in [3.05, 3.63) is 60.3 Å². The van der Waals surface area contributed by atoms with Gasteiger partial charge in [0.15, 0.2) is 5.82 Å². The van der Waals surface area contributed by atoms with Crippen molar-refractivity contribution < 1.29 is 13.6 Å². The summed E-state index contributed by atoms with van der Waals surface area (Å²) in [5.41, 5.74) is 2.25. The molecule has 6 nitrogen and oxygen atoms in total. The minimum absolute atomic E-state index is 0.0529. The van der Waals surface area contributed by atoms with E-state index in [1.807, 2.05) is 6.07 Å². The van der Waals surface area contributed by atoms with Crippen molar-refractivity contribution >= 4 is 11.7 Å². The first-order valence-electron chi connectivity index (χ1n) is 8.58. The smallest absolute Gasteiger partial charge is 0.254 e. The molecule has 7 heteroatoms. The van der Waals surface area contributed by atoms with Gasteiger partial charge in [-0.05, 0) is 48.7 Å². The first-order chi connectivity index (χ1) is 12.7. The first-order valence-corrected chi connectivity index (χ1v) is 8.58. The molecule has 0 spiro atoms. The van der Waals surface area contributed by atoms with Crippen molar-refractivity contribution in [3.63, 3.8) is 0 Å². The Balaban J connectivity index is 1.43. The van der Waals surface area contributed by atoms with E-state index < -0.39 is 0 Å². The SMILES string of the molecule is O=C(NC1CCCN(c2cc(-c3ccc(F)cc3)[nH]n2)C1)c1ccoc1. The quantitative estimate of drug-likeness (QED) is 0.754. The third kappa shape index (κ3) is 3.46. The topological polar surface area (TPSA) is 74.2 Å². The number of hydrogen-bond acceptors (Lipinski definition) is 4. The average Bonchev–Trinajstić information content (AvgIpc) is 3.35. The van der Waals surface area contributed by atoms with E-state index in [1.54, 1.807) is 18.2 Å². The highest BCUT2D eigenvalue weighted by atomic mass is 19.1. The lowest BCUT2D eigenvalue weighted by Gasteiger charge is -2.33. The Kier molecular flexibility index (Phi) is 4.43. The molecule has 2 aromatic heterocycles. The molecule has 4 rings (SSSR count). The number of hydrogen-bond donors (Lipinski definition) is 2. The van der Waals surface area contributed by atoms with Gasteiger partial charge in [-0.3, -0.25) is 9.89 Å². The van der Waals surface area contributed by atoms with Gasteiger partial charge in [0.05, 0.1) is 17.5 Å². The van der Waals surface area contributed by atoms with Gasteiger partial charge in [-0.1, -0.05) is 0 Å². The molecule has 134 valence electrons. The van der Waals surface area contributed by atoms with E-state index in [2.05, 4.69) is 20.4 Å². The number of anilines is 1. The number of aromatic amines is 1. The van der Waals surface area contributed by atoms with Crippen molar-refractivity contribution in [1.82, 2.24) is 15.5 Å². The fourth-order valence-electron chi connectivity index (χ4n) is 3.22. The number of piperidine rings is 1. The van der Waals surface area contributed by atoms with E-state index >= 15 is 0 Å². The predicted molar refractivity (Wildman–Crippen MR) is 95.4 cm³/mol. The van der Waals surface area contributed by atoms with Crippen molar-refractivity contribution in [2.24, 2.45) is 0 Å². The Hall–Kier alpha value is -3.09. The second-order valence-corrected chi connectivity index (χ2v) is 6.42. The number of carbonyl (C=O) groups is 1. The normalized spacial score (nSPS) is 17.3. The Labute approximate surface area is 150 Å². The lowest BCUT2D eigenvalue weighted by atomic mass is 10.1. The van der Waals surface area contributed by atoms with Crippen molar-refractivity contribution in [2.75, 3.05) is 18.0 Å². The minimum Gasteiger partial charge on any atom is -0.472 e. The molecule has 1 amide bonds. The van der Waals surface area contributed by atoms with Gasteiger partial charge in [0.25, 0.3) is 5.91 Å². The number of benzene rings is 1. The fraction of sp³-hybridized carbons (Fsp3) is 0.263. The number of nitrogens with zero attached hydrogens (tertiary/aromatic N) is 2. The molecule has 3 aromatic rings. The molecule has 0 aliphatic carbocycles. The molecule has 26 heavy (non-hydrogen) atoms. The van der Waals surface area contributed by atoms with Crippen LogP contribution in [0.3, 0.4) is 0 Å². The highest BCUT2D eigenvalue weighted by Gasteiger charge is 2.24. The van der Waals surface area contributed by atoms with Crippen LogP contribution in [0.4, 0.5) is 10.2 Å². The monoisotopic (exact) mass is 354 g/mol. The summed E-state index contributed by atoms with van der Waals surface area (Å²) >= 11 is 0. The average molecular weight is 354 g/mol. The van der Waals surface area contributed by atoms with E-state index in [1.165, 1.54) is 24.7 Å². The maximum absolute atomic E-state index is 13.1. The molecule has 1 atom stereocenters. The van der Waals surface area contributed by atoms with Crippen LogP contribution in [0.15, 0.2) is 53.3 Å². The lowest BCUT2D eigenvalue weighted by molar-refractivity contribution is 0.0932. The highest BCUT2D eigenvalue weighted by Crippen LogP contribution is 2.24. The van der Waals surface area contributed by atoms with Crippen LogP contribution < -0.4 is 10.2 Å². The summed E-state index contributed by atoms with van der Waals surface area (Å²) in [6, 6.07) is 9.95. The second-order valence-electron chi connectivity index (χ2n) is 6.42. The lowest BCUT2D eigenvalue weighted by Crippen LogP contribution is -2.47. The highest BCUT2D eigenvalue weighted by molar-refractivity contribution is 5.94. The van der Waals surface area contributed by atoms with Gasteiger partial charge in [-0.25, -0.2) is 4.39 Å². The van der Waals surface area contributed by atoms with Crippen LogP contribution in [0.5, 0.6) is 0 Å². The molecule has 0 radical (unpaired) electrons. The number of nitrogens with one attached hydrogen (secondary N) is 2. The van der Waals surface area contributed by atoms with Gasteiger partial charge in [0, 0.05) is 25.2 Å². The van der Waals surface area contributed by atoms with Gasteiger partial charge in [0.1, 0.15) is 12.1 Å². The Morgan fingerprint density at radius 1 is 1.31 bits per heavy atom. The summed E-state index contributed by atoms with van der Waals surface area (Å²) in [5, 5.41) is 10.4. The minimum atomic E-state index is -0.263. The number of halogens is 1. The van der Waals surface area contributed by atoms with Gasteiger partial charge in [-0.2, -0.15) is 5.10 Å². The zero-order chi connectivity index (χ0) is 17.9. The molecule has 1 unspecified atom stereocenters. The third-order valence-corrected chi connectivity index (χ3v) is 4.58. The predicted octanol–water partition coefficient (Wildman–Crippen LogP) is 3.21. The molecule has 1 fully saturated rings. The van der Waals surface area contributed by atoms with Crippen molar-refractivity contribution in [1.29, 1.82) is 0 Å². The summed E-state index contributed by atoms with van der Waals surface area (Å²) in [7, 11) is 0. The van der Waals surface area contributed by atoms with E-state index in [0.717, 1.165) is 36.5 Å². The molecular weight excluding hydrogens is 335 g/mol. The van der Waals surface area contributed by atoms with E-state index in [0.29, 0.717) is 12.1 Å². The Bertz CT molecular complexity index is 873. The number of carbonyl (C=O) groups excluding carboxylic acids is 1. The standard InChI is InChI=1S/C19H19FN4O2/c20-15-5-3-13(4-6-15)17-10-18(23-22-17)24-8-1-2-16(11-24)21-19(25)14-7-9-26-12-14/h3-7,9-10,12,16H,1-2,8,11H2,(H,21,25)(H,22,23). The summed E-state index contributed by atoms with van der Waals surface area (Å²) in [4.78, 5) is 14.3. The molecule has 1 aliphatic rings. The molecule has 1 saturated heterocycles. The van der Waals surface area contributed by atoms with Crippen LogP contribution in [0.1, 0.15) is 23.2 Å². The van der Waals surface area contributed by atoms with Crippen LogP contribution in [-0.2, 0) is 0 Å². The molecule has 0 bridgehead atoms. The van der Waals surface area contributed by atoms with Crippen LogP contribution in [0.25, 0.3) is 11.3 Å².